The van der Waals surface area contributed by atoms with Crippen molar-refractivity contribution in [3.8, 4) is 35.4 Å². The minimum atomic E-state index is -0.956. The number of amides is 1. The fourth-order valence-corrected chi connectivity index (χ4v) is 10.1. The summed E-state index contributed by atoms with van der Waals surface area (Å²) in [6, 6.07) is 5.68. The second kappa shape index (κ2) is 14.2. The average Bonchev–Trinajstić information content (AvgIpc) is 3.81. The van der Waals surface area contributed by atoms with E-state index in [0.29, 0.717) is 72.2 Å². The number of hydrogen-bond donors (Lipinski definition) is 0. The van der Waals surface area contributed by atoms with Crippen molar-refractivity contribution in [3.63, 3.8) is 0 Å². The molecular weight excluding hydrogens is 738 g/mol. The van der Waals surface area contributed by atoms with Crippen LogP contribution in [-0.4, -0.2) is 106 Å². The van der Waals surface area contributed by atoms with Crippen molar-refractivity contribution < 1.29 is 36.9 Å². The van der Waals surface area contributed by atoms with Crippen LogP contribution in [0.25, 0.3) is 32.9 Å². The molecule has 2 aromatic carbocycles. The molecule has 4 fully saturated rings. The Hall–Kier alpha value is -4.87. The van der Waals surface area contributed by atoms with Crippen molar-refractivity contribution >= 4 is 33.6 Å². The predicted octanol–water partition coefficient (Wildman–Crippen LogP) is 7.34. The highest BCUT2D eigenvalue weighted by molar-refractivity contribution is 6.03. The summed E-state index contributed by atoms with van der Waals surface area (Å²) in [5.74, 6) is 1.93. The second-order valence-electron chi connectivity index (χ2n) is 17.1. The number of pyridine rings is 1. The van der Waals surface area contributed by atoms with Crippen LogP contribution in [-0.2, 0) is 15.9 Å². The van der Waals surface area contributed by atoms with Crippen molar-refractivity contribution in [2.24, 2.45) is 0 Å². The van der Waals surface area contributed by atoms with Gasteiger partial charge in [-0.15, -0.1) is 6.42 Å². The van der Waals surface area contributed by atoms with Crippen LogP contribution in [0.3, 0.4) is 0 Å². The molecule has 0 N–H and O–H groups in total. The van der Waals surface area contributed by atoms with Gasteiger partial charge in [-0.05, 0) is 95.8 Å². The van der Waals surface area contributed by atoms with Crippen molar-refractivity contribution in [2.75, 3.05) is 45.0 Å². The number of anilines is 1. The Morgan fingerprint density at radius 3 is 2.67 bits per heavy atom. The highest BCUT2D eigenvalue weighted by Gasteiger charge is 2.52. The van der Waals surface area contributed by atoms with Gasteiger partial charge in [0.1, 0.15) is 47.0 Å². The van der Waals surface area contributed by atoms with E-state index in [2.05, 4.69) is 15.7 Å². The number of fused-ring (bicyclic) bond motifs is 7. The molecule has 0 saturated carbocycles. The Balaban J connectivity index is 1.22. The summed E-state index contributed by atoms with van der Waals surface area (Å²) in [4.78, 5) is 34.7. The normalized spacial score (nSPS) is 25.6. The maximum atomic E-state index is 17.7. The summed E-state index contributed by atoms with van der Waals surface area (Å²) in [6.07, 6.45) is 10.1. The van der Waals surface area contributed by atoms with E-state index in [-0.39, 0.29) is 66.0 Å². The van der Waals surface area contributed by atoms with E-state index in [1.807, 2.05) is 25.7 Å². The first-order chi connectivity index (χ1) is 27.4. The molecule has 0 spiro atoms. The molecule has 4 saturated heterocycles. The van der Waals surface area contributed by atoms with Crippen LogP contribution in [0.15, 0.2) is 24.3 Å². The number of halogens is 3. The Morgan fingerprint density at radius 2 is 1.88 bits per heavy atom. The number of hydrogen-bond acceptors (Lipinski definition) is 10. The number of ether oxygens (including phenoxy) is 4. The topological polar surface area (TPSA) is 102 Å². The minimum absolute atomic E-state index is 0.00293. The van der Waals surface area contributed by atoms with Gasteiger partial charge in [0, 0.05) is 37.6 Å². The summed E-state index contributed by atoms with van der Waals surface area (Å²) in [5.41, 5.74) is -0.406. The van der Waals surface area contributed by atoms with E-state index >= 15 is 8.78 Å². The van der Waals surface area contributed by atoms with Gasteiger partial charge in [-0.1, -0.05) is 12.0 Å². The lowest BCUT2D eigenvalue weighted by Gasteiger charge is -2.48. The zero-order chi connectivity index (χ0) is 39.8. The monoisotopic (exact) mass is 784 g/mol. The highest BCUT2D eigenvalue weighted by atomic mass is 19.1. The van der Waals surface area contributed by atoms with Crippen molar-refractivity contribution in [1.29, 1.82) is 0 Å². The van der Waals surface area contributed by atoms with Gasteiger partial charge >= 0.3 is 12.1 Å². The van der Waals surface area contributed by atoms with Crippen LogP contribution >= 0.6 is 0 Å². The third-order valence-corrected chi connectivity index (χ3v) is 12.4. The molecule has 7 heterocycles. The number of carbonyl (C=O) groups is 1. The van der Waals surface area contributed by atoms with Gasteiger partial charge in [-0.25, -0.2) is 22.9 Å². The molecule has 0 aliphatic carbocycles. The number of aryl methyl sites for hydroxylation is 1. The molecule has 5 atom stereocenters. The van der Waals surface area contributed by atoms with Gasteiger partial charge in [0.15, 0.2) is 12.6 Å². The van der Waals surface area contributed by atoms with Gasteiger partial charge in [0.25, 0.3) is 0 Å². The summed E-state index contributed by atoms with van der Waals surface area (Å²) in [6.45, 7) is 7.27. The Bertz CT molecular complexity index is 2310. The fourth-order valence-electron chi connectivity index (χ4n) is 10.1. The summed E-state index contributed by atoms with van der Waals surface area (Å²) < 4.78 is 71.1. The largest absolute Gasteiger partial charge is 0.468 e. The van der Waals surface area contributed by atoms with Crippen LogP contribution in [0.2, 0.25) is 0 Å². The number of methoxy groups -OCH3 is 1. The predicted molar refractivity (Wildman–Crippen MR) is 208 cm³/mol. The fraction of sp³-hybridized carbons (Fsp3) is 0.535. The molecule has 0 unspecified atom stereocenters. The first kappa shape index (κ1) is 37.7. The first-order valence-electron chi connectivity index (χ1n) is 19.9. The molecule has 57 heavy (non-hydrogen) atoms. The van der Waals surface area contributed by atoms with Crippen LogP contribution in [0.4, 0.5) is 23.8 Å². The Kier molecular flexibility index (Phi) is 9.39. The average molecular weight is 785 g/mol. The smallest absolute Gasteiger partial charge is 0.410 e. The zero-order valence-electron chi connectivity index (χ0n) is 32.7. The van der Waals surface area contributed by atoms with Crippen LogP contribution in [0, 0.1) is 24.0 Å². The third-order valence-electron chi connectivity index (χ3n) is 12.4. The lowest BCUT2D eigenvalue weighted by molar-refractivity contribution is 0.00699. The third kappa shape index (κ3) is 6.47. The number of terminal acetylenes is 1. The summed E-state index contributed by atoms with van der Waals surface area (Å²) >= 11 is 0. The molecule has 2 bridgehead atoms. The SMILES string of the molecule is C#Cc1c(F)ccc2cc(OCOC)cc(-c3nc4c5c(nc(OC[C@@]67CCCN6C[C@H](F)C7)nc5c3F)N3C[C@H]5CC[C@@H]([C@H]3CCC4)N5C(=O)OC(C)(C)C)c12. The van der Waals surface area contributed by atoms with Gasteiger partial charge in [-0.3, -0.25) is 9.80 Å². The lowest BCUT2D eigenvalue weighted by Crippen LogP contribution is -2.62. The van der Waals surface area contributed by atoms with Crippen LogP contribution < -0.4 is 14.4 Å². The number of nitrogens with zero attached hydrogens (tertiary/aromatic N) is 6. The molecular formula is C43H47F3N6O5. The van der Waals surface area contributed by atoms with Crippen molar-refractivity contribution in [1.82, 2.24) is 24.8 Å². The van der Waals surface area contributed by atoms with Crippen molar-refractivity contribution in [2.45, 2.75) is 108 Å². The maximum absolute atomic E-state index is 17.7. The molecule has 14 heteroatoms. The van der Waals surface area contributed by atoms with Gasteiger partial charge in [-0.2, -0.15) is 9.97 Å². The molecule has 300 valence electrons. The van der Waals surface area contributed by atoms with Gasteiger partial charge in [0.05, 0.1) is 40.3 Å². The standard InChI is InChI=1S/C43H47F3N6O5/c1-6-28-30(45)13-11-24-17-27(56-23-54-5)18-29(34(24)28)37-36(46)38-35-31(47-37)9-7-10-32-33-14-12-26(52(33)41(53)57-42(2,3)4)21-51(32)39(35)49-40(48-38)55-22-43-15-8-16-50(43)20-25(44)19-43/h1,11,13,17-18,25-26,32-33H,7-10,12,14-16,19-23H2,2-5H3/t25-,26-,32-,33+,43+/m1/s1. The Morgan fingerprint density at radius 1 is 1.04 bits per heavy atom. The highest BCUT2D eigenvalue weighted by Crippen LogP contribution is 2.46. The van der Waals surface area contributed by atoms with E-state index < -0.39 is 28.9 Å². The number of rotatable bonds is 7. The first-order valence-corrected chi connectivity index (χ1v) is 19.9. The molecule has 11 nitrogen and oxygen atoms in total. The molecule has 5 aliphatic heterocycles. The van der Waals surface area contributed by atoms with E-state index in [4.69, 9.17) is 40.3 Å². The van der Waals surface area contributed by atoms with Gasteiger partial charge < -0.3 is 23.8 Å². The van der Waals surface area contributed by atoms with E-state index in [1.165, 1.54) is 13.2 Å². The lowest BCUT2D eigenvalue weighted by atomic mass is 9.92. The van der Waals surface area contributed by atoms with E-state index in [9.17, 15) is 9.18 Å². The van der Waals surface area contributed by atoms with Gasteiger partial charge in [0.2, 0.25) is 0 Å². The summed E-state index contributed by atoms with van der Waals surface area (Å²) in [7, 11) is 1.49. The molecule has 0 radical (unpaired) electrons. The molecule has 9 rings (SSSR count). The summed E-state index contributed by atoms with van der Waals surface area (Å²) in [5, 5.41) is 1.31. The van der Waals surface area contributed by atoms with Crippen LogP contribution in [0.1, 0.15) is 77.0 Å². The zero-order valence-corrected chi connectivity index (χ0v) is 32.7. The van der Waals surface area contributed by atoms with E-state index in [1.54, 1.807) is 18.2 Å². The second-order valence-corrected chi connectivity index (χ2v) is 17.1. The molecule has 2 aromatic heterocycles. The number of piperazine rings is 1. The van der Waals surface area contributed by atoms with Crippen LogP contribution in [0.5, 0.6) is 11.8 Å². The molecule has 5 aliphatic rings. The molecule has 4 aromatic rings. The Labute approximate surface area is 329 Å². The number of carbonyl (C=O) groups excluding carboxylic acids is 1. The number of benzene rings is 2. The quantitative estimate of drug-likeness (QED) is 0.140. The van der Waals surface area contributed by atoms with E-state index in [0.717, 1.165) is 32.2 Å². The number of aromatic nitrogens is 3. The maximum Gasteiger partial charge on any atom is 0.410 e. The number of alkyl halides is 1. The van der Waals surface area contributed by atoms with Crippen molar-refractivity contribution in [3.05, 3.63) is 47.2 Å². The minimum Gasteiger partial charge on any atom is -0.468 e. The molecule has 1 amide bonds.